The highest BCUT2D eigenvalue weighted by Crippen LogP contribution is 2.45. The minimum atomic E-state index is -0.157. The van der Waals surface area contributed by atoms with Crippen LogP contribution in [0.3, 0.4) is 0 Å². The van der Waals surface area contributed by atoms with Crippen LogP contribution in [0.1, 0.15) is 39.5 Å². The smallest absolute Gasteiger partial charge is 0.239 e. The fourth-order valence-corrected chi connectivity index (χ4v) is 3.13. The maximum Gasteiger partial charge on any atom is 0.239 e. The molecule has 0 aromatic heterocycles. The summed E-state index contributed by atoms with van der Waals surface area (Å²) < 4.78 is 5.32. The van der Waals surface area contributed by atoms with Crippen LogP contribution in [0.5, 0.6) is 0 Å². The lowest BCUT2D eigenvalue weighted by molar-refractivity contribution is -0.126. The van der Waals surface area contributed by atoms with Crippen LogP contribution in [0.25, 0.3) is 0 Å². The quantitative estimate of drug-likeness (QED) is 0.811. The molecule has 2 rings (SSSR count). The van der Waals surface area contributed by atoms with E-state index in [1.54, 1.807) is 0 Å². The SMILES string of the molecule is CC(C)CC1(CNC(=O)C2COCCN2)CCC1.Cl. The van der Waals surface area contributed by atoms with Crippen molar-refractivity contribution < 1.29 is 9.53 Å². The van der Waals surface area contributed by atoms with E-state index in [4.69, 9.17) is 4.74 Å². The van der Waals surface area contributed by atoms with Crippen molar-refractivity contribution >= 4 is 18.3 Å². The van der Waals surface area contributed by atoms with E-state index >= 15 is 0 Å². The van der Waals surface area contributed by atoms with Crippen LogP contribution < -0.4 is 10.6 Å². The zero-order valence-corrected chi connectivity index (χ0v) is 12.9. The van der Waals surface area contributed by atoms with Crippen LogP contribution in [0, 0.1) is 11.3 Å². The Morgan fingerprint density at radius 1 is 1.47 bits per heavy atom. The summed E-state index contributed by atoms with van der Waals surface area (Å²) in [6.07, 6.45) is 5.06. The van der Waals surface area contributed by atoms with Gasteiger partial charge in [-0.2, -0.15) is 0 Å². The molecule has 1 aliphatic heterocycles. The van der Waals surface area contributed by atoms with Crippen molar-refractivity contribution in [1.82, 2.24) is 10.6 Å². The van der Waals surface area contributed by atoms with Gasteiger partial charge in [0.2, 0.25) is 5.91 Å². The molecule has 1 heterocycles. The molecule has 0 bridgehead atoms. The van der Waals surface area contributed by atoms with E-state index in [2.05, 4.69) is 24.5 Å². The summed E-state index contributed by atoms with van der Waals surface area (Å²) in [5.74, 6) is 0.808. The number of carbonyl (C=O) groups is 1. The molecule has 2 aliphatic rings. The molecular formula is C14H27ClN2O2. The van der Waals surface area contributed by atoms with Gasteiger partial charge in [0.15, 0.2) is 0 Å². The highest BCUT2D eigenvalue weighted by molar-refractivity contribution is 5.85. The molecule has 1 atom stereocenters. The van der Waals surface area contributed by atoms with E-state index in [1.165, 1.54) is 25.7 Å². The summed E-state index contributed by atoms with van der Waals surface area (Å²) in [5.41, 5.74) is 0.374. The third-order valence-electron chi connectivity index (χ3n) is 4.13. The van der Waals surface area contributed by atoms with Gasteiger partial charge in [-0.25, -0.2) is 0 Å². The van der Waals surface area contributed by atoms with Crippen molar-refractivity contribution in [1.29, 1.82) is 0 Å². The lowest BCUT2D eigenvalue weighted by Gasteiger charge is -2.43. The van der Waals surface area contributed by atoms with Gasteiger partial charge in [-0.1, -0.05) is 20.3 Å². The maximum atomic E-state index is 12.0. The van der Waals surface area contributed by atoms with Gasteiger partial charge >= 0.3 is 0 Å². The lowest BCUT2D eigenvalue weighted by Crippen LogP contribution is -2.53. The van der Waals surface area contributed by atoms with Crippen LogP contribution >= 0.6 is 12.4 Å². The second-order valence-corrected chi connectivity index (χ2v) is 6.25. The van der Waals surface area contributed by atoms with Crippen molar-refractivity contribution in [2.75, 3.05) is 26.3 Å². The average Bonchev–Trinajstić information content (AvgIpc) is 2.32. The van der Waals surface area contributed by atoms with Gasteiger partial charge in [0, 0.05) is 13.1 Å². The standard InChI is InChI=1S/C14H26N2O2.ClH/c1-11(2)8-14(4-3-5-14)10-16-13(17)12-9-18-7-6-15-12;/h11-12,15H,3-10H2,1-2H3,(H,16,17);1H. The molecule has 0 radical (unpaired) electrons. The summed E-state index contributed by atoms with van der Waals surface area (Å²) in [5, 5.41) is 6.31. The number of nitrogens with one attached hydrogen (secondary N) is 2. The number of hydrogen-bond acceptors (Lipinski definition) is 3. The lowest BCUT2D eigenvalue weighted by atomic mass is 9.64. The highest BCUT2D eigenvalue weighted by atomic mass is 35.5. The van der Waals surface area contributed by atoms with Crippen molar-refractivity contribution in [3.8, 4) is 0 Å². The van der Waals surface area contributed by atoms with Crippen LogP contribution in [0.4, 0.5) is 0 Å². The number of halogens is 1. The van der Waals surface area contributed by atoms with Gasteiger partial charge in [0.05, 0.1) is 13.2 Å². The van der Waals surface area contributed by atoms with E-state index in [0.717, 1.165) is 13.1 Å². The molecule has 2 N–H and O–H groups in total. The third kappa shape index (κ3) is 4.62. The predicted octanol–water partition coefficient (Wildman–Crippen LogP) is 1.73. The molecular weight excluding hydrogens is 264 g/mol. The first-order valence-corrected chi connectivity index (χ1v) is 7.20. The van der Waals surface area contributed by atoms with Crippen LogP contribution in [0.2, 0.25) is 0 Å². The monoisotopic (exact) mass is 290 g/mol. The second-order valence-electron chi connectivity index (χ2n) is 6.25. The number of morpholine rings is 1. The third-order valence-corrected chi connectivity index (χ3v) is 4.13. The number of rotatable bonds is 5. The first kappa shape index (κ1) is 16.7. The van der Waals surface area contributed by atoms with E-state index in [-0.39, 0.29) is 24.4 Å². The Balaban J connectivity index is 0.00000180. The number of amides is 1. The van der Waals surface area contributed by atoms with Crippen molar-refractivity contribution in [3.63, 3.8) is 0 Å². The zero-order valence-electron chi connectivity index (χ0n) is 12.0. The van der Waals surface area contributed by atoms with Crippen LogP contribution in [-0.4, -0.2) is 38.3 Å². The van der Waals surface area contributed by atoms with Gasteiger partial charge in [-0.05, 0) is 30.6 Å². The molecule has 1 saturated heterocycles. The Bertz CT molecular complexity index is 287. The van der Waals surface area contributed by atoms with Gasteiger partial charge in [0.25, 0.3) is 0 Å². The summed E-state index contributed by atoms with van der Waals surface area (Å²) in [6.45, 7) is 7.35. The Labute approximate surface area is 122 Å². The summed E-state index contributed by atoms with van der Waals surface area (Å²) in [6, 6.07) is -0.157. The number of ether oxygens (including phenoxy) is 1. The second kappa shape index (κ2) is 7.46. The van der Waals surface area contributed by atoms with Gasteiger partial charge in [-0.3, -0.25) is 4.79 Å². The Morgan fingerprint density at radius 2 is 2.21 bits per heavy atom. The molecule has 1 aliphatic carbocycles. The molecule has 19 heavy (non-hydrogen) atoms. The molecule has 1 saturated carbocycles. The van der Waals surface area contributed by atoms with E-state index in [9.17, 15) is 4.79 Å². The maximum absolute atomic E-state index is 12.0. The zero-order chi connectivity index (χ0) is 13.0. The largest absolute Gasteiger partial charge is 0.378 e. The average molecular weight is 291 g/mol. The van der Waals surface area contributed by atoms with E-state index < -0.39 is 0 Å². The minimum Gasteiger partial charge on any atom is -0.378 e. The summed E-state index contributed by atoms with van der Waals surface area (Å²) in [4.78, 5) is 12.0. The Morgan fingerprint density at radius 3 is 2.68 bits per heavy atom. The fourth-order valence-electron chi connectivity index (χ4n) is 3.13. The normalized spacial score (nSPS) is 25.3. The molecule has 5 heteroatoms. The topological polar surface area (TPSA) is 50.4 Å². The fraction of sp³-hybridized carbons (Fsp3) is 0.929. The van der Waals surface area contributed by atoms with Crippen molar-refractivity contribution in [3.05, 3.63) is 0 Å². The summed E-state index contributed by atoms with van der Waals surface area (Å²) in [7, 11) is 0. The van der Waals surface area contributed by atoms with Crippen molar-refractivity contribution in [2.24, 2.45) is 11.3 Å². The van der Waals surface area contributed by atoms with Gasteiger partial charge in [0.1, 0.15) is 6.04 Å². The molecule has 0 aromatic carbocycles. The molecule has 112 valence electrons. The van der Waals surface area contributed by atoms with Gasteiger partial charge in [-0.15, -0.1) is 12.4 Å². The Hall–Kier alpha value is -0.320. The molecule has 1 amide bonds. The molecule has 1 unspecified atom stereocenters. The van der Waals surface area contributed by atoms with Crippen LogP contribution in [0.15, 0.2) is 0 Å². The van der Waals surface area contributed by atoms with E-state index in [0.29, 0.717) is 24.5 Å². The molecule has 0 spiro atoms. The van der Waals surface area contributed by atoms with Gasteiger partial charge < -0.3 is 15.4 Å². The Kier molecular flexibility index (Phi) is 6.57. The number of carbonyl (C=O) groups excluding carboxylic acids is 1. The van der Waals surface area contributed by atoms with Crippen LogP contribution in [-0.2, 0) is 9.53 Å². The summed E-state index contributed by atoms with van der Waals surface area (Å²) >= 11 is 0. The van der Waals surface area contributed by atoms with Crippen molar-refractivity contribution in [2.45, 2.75) is 45.6 Å². The minimum absolute atomic E-state index is 0. The molecule has 0 aromatic rings. The first-order valence-electron chi connectivity index (χ1n) is 7.20. The highest BCUT2D eigenvalue weighted by Gasteiger charge is 2.38. The van der Waals surface area contributed by atoms with E-state index in [1.807, 2.05) is 0 Å². The molecule has 4 nitrogen and oxygen atoms in total. The predicted molar refractivity (Wildman–Crippen MR) is 78.6 cm³/mol. The number of hydrogen-bond donors (Lipinski definition) is 2. The molecule has 2 fully saturated rings. The first-order chi connectivity index (χ1) is 8.61.